The van der Waals surface area contributed by atoms with Gasteiger partial charge in [-0.15, -0.1) is 0 Å². The van der Waals surface area contributed by atoms with Gasteiger partial charge < -0.3 is 10.5 Å². The van der Waals surface area contributed by atoms with E-state index in [4.69, 9.17) is 10.5 Å². The molecule has 2 aromatic rings. The molecule has 0 spiro atoms. The number of aldehydes is 1. The Hall–Kier alpha value is -2.29. The molecule has 0 aliphatic rings. The molecule has 0 bridgehead atoms. The lowest BCUT2D eigenvalue weighted by Crippen LogP contribution is -1.96. The first-order valence-corrected chi connectivity index (χ1v) is 4.88. The summed E-state index contributed by atoms with van der Waals surface area (Å²) in [7, 11) is 0. The van der Waals surface area contributed by atoms with E-state index >= 15 is 0 Å². The zero-order chi connectivity index (χ0) is 11.4. The third-order valence-electron chi connectivity index (χ3n) is 2.17. The van der Waals surface area contributed by atoms with Crippen LogP contribution in [0.5, 0.6) is 11.5 Å². The van der Waals surface area contributed by atoms with Crippen molar-refractivity contribution in [2.75, 3.05) is 5.73 Å². The molecule has 0 aliphatic heterocycles. The number of hydrogen-bond donors (Lipinski definition) is 1. The lowest BCUT2D eigenvalue weighted by molar-refractivity contribution is 0.112. The smallest absolute Gasteiger partial charge is 0.160 e. The fraction of sp³-hybridized carbons (Fsp3) is 0. The predicted octanol–water partition coefficient (Wildman–Crippen LogP) is 2.87. The van der Waals surface area contributed by atoms with Gasteiger partial charge in [0.2, 0.25) is 0 Å². The molecule has 0 unspecified atom stereocenters. The van der Waals surface area contributed by atoms with E-state index < -0.39 is 0 Å². The molecular weight excluding hydrogens is 202 g/mol. The molecule has 0 amide bonds. The molecule has 0 saturated heterocycles. The Labute approximate surface area is 93.5 Å². The maximum absolute atomic E-state index is 10.8. The summed E-state index contributed by atoms with van der Waals surface area (Å²) >= 11 is 0. The molecule has 16 heavy (non-hydrogen) atoms. The van der Waals surface area contributed by atoms with Crippen molar-refractivity contribution in [2.45, 2.75) is 0 Å². The van der Waals surface area contributed by atoms with Gasteiger partial charge in [0, 0.05) is 0 Å². The second-order valence-corrected chi connectivity index (χ2v) is 3.30. The van der Waals surface area contributed by atoms with Gasteiger partial charge in [-0.3, -0.25) is 4.79 Å². The number of nitrogens with two attached hydrogens (primary N) is 1. The standard InChI is InChI=1S/C13H11NO2/c14-12-8-4-5-10(9-15)13(12)16-11-6-2-1-3-7-11/h1-9H,14H2. The zero-order valence-corrected chi connectivity index (χ0v) is 8.59. The fourth-order valence-corrected chi connectivity index (χ4v) is 1.39. The number of rotatable bonds is 3. The SMILES string of the molecule is Nc1cccc(C=O)c1Oc1ccccc1. The molecule has 0 aromatic heterocycles. The van der Waals surface area contributed by atoms with E-state index in [1.54, 1.807) is 30.3 Å². The summed E-state index contributed by atoms with van der Waals surface area (Å²) in [6.45, 7) is 0. The highest BCUT2D eigenvalue weighted by molar-refractivity contribution is 5.83. The minimum Gasteiger partial charge on any atom is -0.454 e. The molecule has 3 nitrogen and oxygen atoms in total. The van der Waals surface area contributed by atoms with Gasteiger partial charge in [0.15, 0.2) is 12.0 Å². The number of ether oxygens (including phenoxy) is 1. The average Bonchev–Trinajstić information content (AvgIpc) is 2.33. The summed E-state index contributed by atoms with van der Waals surface area (Å²) in [5, 5.41) is 0. The van der Waals surface area contributed by atoms with Gasteiger partial charge in [0.25, 0.3) is 0 Å². The predicted molar refractivity (Wildman–Crippen MR) is 62.8 cm³/mol. The van der Waals surface area contributed by atoms with Crippen molar-refractivity contribution in [1.82, 2.24) is 0 Å². The van der Waals surface area contributed by atoms with Crippen LogP contribution in [0.2, 0.25) is 0 Å². The zero-order valence-electron chi connectivity index (χ0n) is 8.59. The normalized spacial score (nSPS) is 9.75. The van der Waals surface area contributed by atoms with E-state index in [9.17, 15) is 4.79 Å². The van der Waals surface area contributed by atoms with Gasteiger partial charge >= 0.3 is 0 Å². The number of anilines is 1. The van der Waals surface area contributed by atoms with Crippen LogP contribution in [0.1, 0.15) is 10.4 Å². The second kappa shape index (κ2) is 4.49. The molecule has 0 atom stereocenters. The van der Waals surface area contributed by atoms with Crippen molar-refractivity contribution in [3.63, 3.8) is 0 Å². The molecular formula is C13H11NO2. The van der Waals surface area contributed by atoms with Crippen LogP contribution >= 0.6 is 0 Å². The molecule has 0 saturated carbocycles. The Bertz CT molecular complexity index is 495. The molecule has 0 radical (unpaired) electrons. The summed E-state index contributed by atoms with van der Waals surface area (Å²) in [4.78, 5) is 10.8. The van der Waals surface area contributed by atoms with Crippen molar-refractivity contribution in [2.24, 2.45) is 0 Å². The van der Waals surface area contributed by atoms with Crippen LogP contribution in [-0.2, 0) is 0 Å². The minimum atomic E-state index is 0.406. The van der Waals surface area contributed by atoms with Crippen molar-refractivity contribution in [3.8, 4) is 11.5 Å². The van der Waals surface area contributed by atoms with Crippen molar-refractivity contribution in [3.05, 3.63) is 54.1 Å². The Morgan fingerprint density at radius 1 is 1.00 bits per heavy atom. The van der Waals surface area contributed by atoms with Gasteiger partial charge in [0.1, 0.15) is 5.75 Å². The number of para-hydroxylation sites is 2. The maximum atomic E-state index is 10.8. The fourth-order valence-electron chi connectivity index (χ4n) is 1.39. The van der Waals surface area contributed by atoms with E-state index in [2.05, 4.69) is 0 Å². The maximum Gasteiger partial charge on any atom is 0.160 e. The van der Waals surface area contributed by atoms with E-state index in [0.29, 0.717) is 22.7 Å². The lowest BCUT2D eigenvalue weighted by Gasteiger charge is -2.09. The summed E-state index contributed by atoms with van der Waals surface area (Å²) in [6.07, 6.45) is 0.731. The molecule has 0 fully saturated rings. The molecule has 2 rings (SSSR count). The lowest BCUT2D eigenvalue weighted by atomic mass is 10.2. The Kier molecular flexibility index (Phi) is 2.87. The number of nitrogen functional groups attached to an aromatic ring is 1. The molecule has 0 aliphatic carbocycles. The Morgan fingerprint density at radius 2 is 1.75 bits per heavy atom. The number of carbonyl (C=O) groups is 1. The van der Waals surface area contributed by atoms with Crippen LogP contribution in [0.4, 0.5) is 5.69 Å². The highest BCUT2D eigenvalue weighted by atomic mass is 16.5. The van der Waals surface area contributed by atoms with Crippen molar-refractivity contribution < 1.29 is 9.53 Å². The van der Waals surface area contributed by atoms with Crippen LogP contribution in [-0.4, -0.2) is 6.29 Å². The molecule has 2 aromatic carbocycles. The summed E-state index contributed by atoms with van der Waals surface area (Å²) in [5.41, 5.74) is 6.66. The number of benzene rings is 2. The van der Waals surface area contributed by atoms with Gasteiger partial charge in [-0.25, -0.2) is 0 Å². The summed E-state index contributed by atoms with van der Waals surface area (Å²) < 4.78 is 5.57. The minimum absolute atomic E-state index is 0.406. The highest BCUT2D eigenvalue weighted by Crippen LogP contribution is 2.29. The van der Waals surface area contributed by atoms with Crippen LogP contribution in [0.25, 0.3) is 0 Å². The van der Waals surface area contributed by atoms with Crippen LogP contribution < -0.4 is 10.5 Å². The molecule has 3 heteroatoms. The monoisotopic (exact) mass is 213 g/mol. The average molecular weight is 213 g/mol. The third kappa shape index (κ3) is 2.03. The van der Waals surface area contributed by atoms with Crippen molar-refractivity contribution >= 4 is 12.0 Å². The summed E-state index contributed by atoms with van der Waals surface area (Å²) in [6, 6.07) is 14.3. The van der Waals surface area contributed by atoms with E-state index in [1.165, 1.54) is 0 Å². The van der Waals surface area contributed by atoms with E-state index in [0.717, 1.165) is 6.29 Å². The van der Waals surface area contributed by atoms with Crippen LogP contribution in [0.15, 0.2) is 48.5 Å². The van der Waals surface area contributed by atoms with E-state index in [1.807, 2.05) is 18.2 Å². The van der Waals surface area contributed by atoms with Crippen LogP contribution in [0, 0.1) is 0 Å². The van der Waals surface area contributed by atoms with Gasteiger partial charge in [-0.05, 0) is 24.3 Å². The Balaban J connectivity index is 2.38. The first-order valence-electron chi connectivity index (χ1n) is 4.88. The molecule has 0 heterocycles. The number of hydrogen-bond acceptors (Lipinski definition) is 3. The van der Waals surface area contributed by atoms with Gasteiger partial charge in [-0.1, -0.05) is 24.3 Å². The Morgan fingerprint density at radius 3 is 2.44 bits per heavy atom. The largest absolute Gasteiger partial charge is 0.454 e. The quantitative estimate of drug-likeness (QED) is 0.630. The topological polar surface area (TPSA) is 52.3 Å². The molecule has 80 valence electrons. The third-order valence-corrected chi connectivity index (χ3v) is 2.17. The number of carbonyl (C=O) groups excluding carboxylic acids is 1. The summed E-state index contributed by atoms with van der Waals surface area (Å²) in [5.74, 6) is 1.06. The van der Waals surface area contributed by atoms with E-state index in [-0.39, 0.29) is 0 Å². The van der Waals surface area contributed by atoms with Crippen molar-refractivity contribution in [1.29, 1.82) is 0 Å². The van der Waals surface area contributed by atoms with Gasteiger partial charge in [0.05, 0.1) is 11.3 Å². The second-order valence-electron chi connectivity index (χ2n) is 3.30. The first-order chi connectivity index (χ1) is 7.81. The van der Waals surface area contributed by atoms with Gasteiger partial charge in [-0.2, -0.15) is 0 Å². The van der Waals surface area contributed by atoms with Crippen LogP contribution in [0.3, 0.4) is 0 Å². The first kappa shape index (κ1) is 10.2. The molecule has 2 N–H and O–H groups in total. The highest BCUT2D eigenvalue weighted by Gasteiger charge is 2.07.